The molecule has 0 aliphatic rings. The van der Waals surface area contributed by atoms with Crippen molar-refractivity contribution in [1.82, 2.24) is 24.5 Å². The highest BCUT2D eigenvalue weighted by Gasteiger charge is 2.21. The maximum absolute atomic E-state index is 11.4. The minimum atomic E-state index is -0.503. The monoisotopic (exact) mass is 414 g/mol. The molecular formula is C18H12Cl2N6O2. The van der Waals surface area contributed by atoms with E-state index >= 15 is 0 Å². The molecule has 4 aromatic rings. The van der Waals surface area contributed by atoms with Crippen molar-refractivity contribution in [1.29, 1.82) is 0 Å². The van der Waals surface area contributed by atoms with Gasteiger partial charge >= 0.3 is 0 Å². The Labute approximate surface area is 169 Å². The summed E-state index contributed by atoms with van der Waals surface area (Å²) < 4.78 is 3.21. The van der Waals surface area contributed by atoms with E-state index in [4.69, 9.17) is 23.2 Å². The fourth-order valence-corrected chi connectivity index (χ4v) is 3.30. The fraction of sp³-hybridized carbons (Fsp3) is 0.0556. The van der Waals surface area contributed by atoms with Crippen molar-refractivity contribution in [3.05, 3.63) is 81.0 Å². The standard InChI is InChI=1S/C18H12Cl2N6O2/c1-11-9-24(10-21-11)18-15(20)6-14(26(27)28)7-16(18)25-17(8-22-23-25)12-2-4-13(19)5-3-12/h2-10H,1H3. The second kappa shape index (κ2) is 7.06. The van der Waals surface area contributed by atoms with Gasteiger partial charge in [0.25, 0.3) is 5.69 Å². The first-order valence-corrected chi connectivity index (χ1v) is 8.85. The number of nitro benzene ring substituents is 1. The van der Waals surface area contributed by atoms with Crippen LogP contribution in [0, 0.1) is 17.0 Å². The summed E-state index contributed by atoms with van der Waals surface area (Å²) in [6.45, 7) is 1.84. The Morgan fingerprint density at radius 2 is 1.89 bits per heavy atom. The van der Waals surface area contributed by atoms with Crippen molar-refractivity contribution in [2.75, 3.05) is 0 Å². The Morgan fingerprint density at radius 3 is 2.54 bits per heavy atom. The molecule has 0 bridgehead atoms. The number of hydrogen-bond donors (Lipinski definition) is 0. The first-order chi connectivity index (χ1) is 13.4. The molecule has 0 unspecified atom stereocenters. The Morgan fingerprint density at radius 1 is 1.14 bits per heavy atom. The van der Waals surface area contributed by atoms with Gasteiger partial charge in [0.1, 0.15) is 0 Å². The molecule has 0 atom stereocenters. The van der Waals surface area contributed by atoms with Crippen LogP contribution in [-0.4, -0.2) is 29.5 Å². The van der Waals surface area contributed by atoms with Crippen molar-refractivity contribution in [2.24, 2.45) is 0 Å². The zero-order valence-corrected chi connectivity index (χ0v) is 16.0. The number of halogens is 2. The molecule has 10 heteroatoms. The summed E-state index contributed by atoms with van der Waals surface area (Å²) in [5.74, 6) is 0. The summed E-state index contributed by atoms with van der Waals surface area (Å²) in [7, 11) is 0. The van der Waals surface area contributed by atoms with Gasteiger partial charge < -0.3 is 4.57 Å². The van der Waals surface area contributed by atoms with E-state index in [2.05, 4.69) is 15.3 Å². The fourth-order valence-electron chi connectivity index (χ4n) is 2.87. The van der Waals surface area contributed by atoms with E-state index in [1.165, 1.54) is 16.8 Å². The molecule has 0 amide bonds. The van der Waals surface area contributed by atoms with Crippen molar-refractivity contribution in [2.45, 2.75) is 6.92 Å². The molecule has 4 rings (SSSR count). The van der Waals surface area contributed by atoms with Gasteiger partial charge in [0.15, 0.2) is 0 Å². The van der Waals surface area contributed by atoms with Crippen LogP contribution in [-0.2, 0) is 0 Å². The Hall–Kier alpha value is -3.23. The molecular weight excluding hydrogens is 403 g/mol. The molecule has 0 radical (unpaired) electrons. The highest BCUT2D eigenvalue weighted by Crippen LogP contribution is 2.34. The molecule has 0 aliphatic carbocycles. The third kappa shape index (κ3) is 3.23. The van der Waals surface area contributed by atoms with Crippen LogP contribution in [0.1, 0.15) is 5.69 Å². The number of imidazole rings is 1. The molecule has 0 N–H and O–H groups in total. The molecule has 0 fully saturated rings. The highest BCUT2D eigenvalue weighted by molar-refractivity contribution is 6.33. The lowest BCUT2D eigenvalue weighted by Gasteiger charge is -2.14. The largest absolute Gasteiger partial charge is 0.303 e. The van der Waals surface area contributed by atoms with Crippen LogP contribution < -0.4 is 0 Å². The van der Waals surface area contributed by atoms with Crippen LogP contribution in [0.4, 0.5) is 5.69 Å². The van der Waals surface area contributed by atoms with Crippen LogP contribution in [0.3, 0.4) is 0 Å². The molecule has 8 nitrogen and oxygen atoms in total. The zero-order valence-electron chi connectivity index (χ0n) is 14.5. The van der Waals surface area contributed by atoms with Gasteiger partial charge in [0.2, 0.25) is 0 Å². The molecule has 0 saturated heterocycles. The van der Waals surface area contributed by atoms with Gasteiger partial charge in [-0.15, -0.1) is 5.10 Å². The maximum Gasteiger partial charge on any atom is 0.273 e. The quantitative estimate of drug-likeness (QED) is 0.358. The topological polar surface area (TPSA) is 91.7 Å². The first kappa shape index (κ1) is 18.1. The summed E-state index contributed by atoms with van der Waals surface area (Å²) in [6.07, 6.45) is 4.93. The third-order valence-electron chi connectivity index (χ3n) is 4.13. The molecule has 140 valence electrons. The number of hydrogen-bond acceptors (Lipinski definition) is 5. The average Bonchev–Trinajstić information content (AvgIpc) is 3.30. The number of aromatic nitrogens is 5. The van der Waals surface area contributed by atoms with Crippen molar-refractivity contribution in [3.63, 3.8) is 0 Å². The Balaban J connectivity index is 1.98. The number of aryl methyl sites for hydroxylation is 1. The SMILES string of the molecule is Cc1cn(-c2c(Cl)cc([N+](=O)[O-])cc2-n2nncc2-c2ccc(Cl)cc2)cn1. The molecule has 28 heavy (non-hydrogen) atoms. The highest BCUT2D eigenvalue weighted by atomic mass is 35.5. The van der Waals surface area contributed by atoms with E-state index in [0.717, 1.165) is 11.3 Å². The van der Waals surface area contributed by atoms with Gasteiger partial charge in [0, 0.05) is 28.9 Å². The third-order valence-corrected chi connectivity index (χ3v) is 4.67. The van der Waals surface area contributed by atoms with Crippen LogP contribution in [0.15, 0.2) is 55.1 Å². The van der Waals surface area contributed by atoms with E-state index in [1.807, 2.05) is 19.1 Å². The molecule has 0 aliphatic heterocycles. The van der Waals surface area contributed by atoms with Gasteiger partial charge in [-0.2, -0.15) is 0 Å². The van der Waals surface area contributed by atoms with Gasteiger partial charge in [-0.3, -0.25) is 10.1 Å². The lowest BCUT2D eigenvalue weighted by molar-refractivity contribution is -0.384. The summed E-state index contributed by atoms with van der Waals surface area (Å²) in [5.41, 5.74) is 2.96. The van der Waals surface area contributed by atoms with Crippen molar-refractivity contribution >= 4 is 28.9 Å². The first-order valence-electron chi connectivity index (χ1n) is 8.10. The summed E-state index contributed by atoms with van der Waals surface area (Å²) in [5, 5.41) is 20.3. The normalized spacial score (nSPS) is 11.0. The van der Waals surface area contributed by atoms with E-state index in [1.54, 1.807) is 35.4 Å². The van der Waals surface area contributed by atoms with Crippen molar-refractivity contribution < 1.29 is 4.92 Å². The summed E-state index contributed by atoms with van der Waals surface area (Å²) in [4.78, 5) is 15.1. The molecule has 0 saturated carbocycles. The lowest BCUT2D eigenvalue weighted by Crippen LogP contribution is -2.07. The Kier molecular flexibility index (Phi) is 4.58. The van der Waals surface area contributed by atoms with E-state index in [0.29, 0.717) is 22.1 Å². The van der Waals surface area contributed by atoms with Crippen molar-refractivity contribution in [3.8, 4) is 22.6 Å². The van der Waals surface area contributed by atoms with E-state index < -0.39 is 4.92 Å². The van der Waals surface area contributed by atoms with Gasteiger partial charge in [-0.25, -0.2) is 9.67 Å². The van der Waals surface area contributed by atoms with Gasteiger partial charge in [0.05, 0.1) is 45.2 Å². The van der Waals surface area contributed by atoms with Gasteiger partial charge in [-0.05, 0) is 19.1 Å². The van der Waals surface area contributed by atoms with E-state index in [-0.39, 0.29) is 10.7 Å². The molecule has 2 aromatic carbocycles. The molecule has 2 heterocycles. The number of rotatable bonds is 4. The predicted molar refractivity (Wildman–Crippen MR) is 105 cm³/mol. The summed E-state index contributed by atoms with van der Waals surface area (Å²) >= 11 is 12.4. The number of non-ortho nitro benzene ring substituents is 1. The maximum atomic E-state index is 11.4. The van der Waals surface area contributed by atoms with Crippen LogP contribution >= 0.6 is 23.2 Å². The number of benzene rings is 2. The van der Waals surface area contributed by atoms with E-state index in [9.17, 15) is 10.1 Å². The smallest absolute Gasteiger partial charge is 0.273 e. The van der Waals surface area contributed by atoms with Crippen LogP contribution in [0.25, 0.3) is 22.6 Å². The zero-order chi connectivity index (χ0) is 19.8. The predicted octanol–water partition coefficient (Wildman–Crippen LogP) is 4.64. The lowest BCUT2D eigenvalue weighted by atomic mass is 10.1. The molecule has 0 spiro atoms. The van der Waals surface area contributed by atoms with Crippen LogP contribution in [0.5, 0.6) is 0 Å². The minimum absolute atomic E-state index is 0.154. The number of nitro groups is 1. The second-order valence-corrected chi connectivity index (χ2v) is 6.86. The average molecular weight is 415 g/mol. The number of nitrogens with zero attached hydrogens (tertiary/aromatic N) is 6. The van der Waals surface area contributed by atoms with Gasteiger partial charge in [-0.1, -0.05) is 40.5 Å². The minimum Gasteiger partial charge on any atom is -0.303 e. The van der Waals surface area contributed by atoms with Crippen LogP contribution in [0.2, 0.25) is 10.0 Å². The second-order valence-electron chi connectivity index (χ2n) is 6.01. The Bertz CT molecular complexity index is 1180. The molecule has 2 aromatic heterocycles. The summed E-state index contributed by atoms with van der Waals surface area (Å²) in [6, 6.07) is 9.83.